The molecule has 0 fully saturated rings. The largest absolute Gasteiger partial charge is 0.511 e. The van der Waals surface area contributed by atoms with Crippen molar-refractivity contribution in [1.29, 1.82) is 0 Å². The molecule has 3 aromatic heterocycles. The number of aryl methyl sites for hydroxylation is 1. The van der Waals surface area contributed by atoms with Gasteiger partial charge in [-0.2, -0.15) is 12.1 Å². The third-order valence-corrected chi connectivity index (χ3v) is 18.0. The molecule has 3 heterocycles. The quantitative estimate of drug-likeness (QED) is 0.0518. The Bertz CT molecular complexity index is 5040. The molecule has 0 radical (unpaired) electrons. The first-order valence-corrected chi connectivity index (χ1v) is 32.4. The number of rotatable bonds is 17. The Morgan fingerprint density at radius 1 is 0.453 bits per heavy atom. The zero-order chi connectivity index (χ0) is 63.5. The van der Waals surface area contributed by atoms with E-state index in [4.69, 9.17) is 16.3 Å². The maximum atomic E-state index is 8.29. The van der Waals surface area contributed by atoms with Crippen LogP contribution in [0, 0.1) is 25.0 Å². The molecule has 15 aromatic rings. The summed E-state index contributed by atoms with van der Waals surface area (Å²) in [6.45, 7) is 15.7. The summed E-state index contributed by atoms with van der Waals surface area (Å²) >= 11 is 0. The van der Waals surface area contributed by atoms with Crippen LogP contribution in [0.25, 0.3) is 127 Å². The molecule has 462 valence electrons. The van der Waals surface area contributed by atoms with E-state index in [1.165, 1.54) is 77.9 Å². The van der Waals surface area contributed by atoms with Gasteiger partial charge in [0.05, 0.1) is 29.8 Å². The van der Waals surface area contributed by atoms with Gasteiger partial charge in [0.15, 0.2) is 0 Å². The number of benzene rings is 12. The van der Waals surface area contributed by atoms with Crippen molar-refractivity contribution >= 4 is 38.5 Å². The molecule has 6 nitrogen and oxygen atoms in total. The molecule has 0 saturated carbocycles. The number of imidazole rings is 1. The van der Waals surface area contributed by atoms with Gasteiger partial charge in [0.1, 0.15) is 5.82 Å². The molecule has 0 amide bonds. The SMILES string of the molecule is [C-]#[N+]c1cc(Oc2[c-]c3c(cc2)c2cc(-c4ccccc4)ccc2n3-c2cc(C(C)(C)C)ccn2)[c-]c(-n2[c-][n+](CCCCCc3c(-c4cc(-c5ccccc5)cc(-c5ccccc5)c4)cccc3-c3cc(-c4ccccc4)cc(-c4ccccc4)c3)c3ccccc32)c1.[Pt]. The van der Waals surface area contributed by atoms with Crippen LogP contribution in [0.4, 0.5) is 5.69 Å². The van der Waals surface area contributed by atoms with Crippen LogP contribution in [0.2, 0.25) is 0 Å². The van der Waals surface area contributed by atoms with Crippen molar-refractivity contribution < 1.29 is 30.4 Å². The van der Waals surface area contributed by atoms with E-state index >= 15 is 0 Å². The topological polar surface area (TPSA) is 40.2 Å². The summed E-state index contributed by atoms with van der Waals surface area (Å²) in [7, 11) is 0. The van der Waals surface area contributed by atoms with Crippen molar-refractivity contribution in [2.75, 3.05) is 0 Å². The molecule has 0 bridgehead atoms. The third-order valence-electron chi connectivity index (χ3n) is 18.0. The molecule has 95 heavy (non-hydrogen) atoms. The molecule has 0 atom stereocenters. The fourth-order valence-corrected chi connectivity index (χ4v) is 13.3. The van der Waals surface area contributed by atoms with E-state index in [1.807, 2.05) is 29.0 Å². The average molecular weight is 1410 g/mol. The molecule has 0 N–H and O–H groups in total. The van der Waals surface area contributed by atoms with E-state index in [0.29, 0.717) is 22.9 Å². The predicted molar refractivity (Wildman–Crippen MR) is 386 cm³/mol. The van der Waals surface area contributed by atoms with Gasteiger partial charge in [-0.05, 0) is 186 Å². The van der Waals surface area contributed by atoms with Gasteiger partial charge in [-0.3, -0.25) is 4.85 Å². The minimum atomic E-state index is -0.0871. The number of hydrogen-bond acceptors (Lipinski definition) is 2. The molecule has 12 aromatic carbocycles. The van der Waals surface area contributed by atoms with Crippen LogP contribution in [0.3, 0.4) is 0 Å². The van der Waals surface area contributed by atoms with E-state index in [-0.39, 0.29) is 26.5 Å². The molecule has 0 unspecified atom stereocenters. The Labute approximate surface area is 570 Å². The number of unbranched alkanes of at least 4 members (excludes halogenated alkanes) is 2. The second-order valence-electron chi connectivity index (χ2n) is 25.3. The van der Waals surface area contributed by atoms with E-state index in [1.54, 1.807) is 6.07 Å². The maximum absolute atomic E-state index is 8.29. The van der Waals surface area contributed by atoms with Crippen molar-refractivity contribution in [3.8, 4) is 101 Å². The monoisotopic (exact) mass is 1400 g/mol. The first-order chi connectivity index (χ1) is 46.1. The molecule has 0 aliphatic heterocycles. The Morgan fingerprint density at radius 2 is 0.989 bits per heavy atom. The number of ether oxygens (including phenoxy) is 1. The van der Waals surface area contributed by atoms with Crippen LogP contribution in [0.1, 0.15) is 51.2 Å². The van der Waals surface area contributed by atoms with Gasteiger partial charge in [0.2, 0.25) is 6.33 Å². The van der Waals surface area contributed by atoms with E-state index in [0.717, 1.165) is 82.0 Å². The van der Waals surface area contributed by atoms with E-state index in [2.05, 4.69) is 314 Å². The smallest absolute Gasteiger partial charge is 0.242 e. The first-order valence-electron chi connectivity index (χ1n) is 32.4. The zero-order valence-electron chi connectivity index (χ0n) is 53.2. The molecule has 0 spiro atoms. The van der Waals surface area contributed by atoms with Crippen LogP contribution >= 0.6 is 0 Å². The zero-order valence-corrected chi connectivity index (χ0v) is 55.5. The number of aromatic nitrogens is 4. The van der Waals surface area contributed by atoms with Gasteiger partial charge >= 0.3 is 0 Å². The summed E-state index contributed by atoms with van der Waals surface area (Å²) in [5.41, 5.74) is 24.0. The second-order valence-corrected chi connectivity index (χ2v) is 25.3. The summed E-state index contributed by atoms with van der Waals surface area (Å²) in [4.78, 5) is 8.90. The second kappa shape index (κ2) is 26.9. The molecule has 0 aliphatic carbocycles. The normalized spacial score (nSPS) is 11.4. The summed E-state index contributed by atoms with van der Waals surface area (Å²) < 4.78 is 13.2. The molecule has 7 heteroatoms. The molecule has 0 aliphatic rings. The Kier molecular flexibility index (Phi) is 17.4. The molecular formula is C88H67N5OPt-2. The number of fused-ring (bicyclic) bond motifs is 4. The van der Waals surface area contributed by atoms with Gasteiger partial charge < -0.3 is 18.4 Å². The summed E-state index contributed by atoms with van der Waals surface area (Å²) in [6.07, 6.45) is 9.36. The van der Waals surface area contributed by atoms with Crippen LogP contribution < -0.4 is 9.30 Å². The fourth-order valence-electron chi connectivity index (χ4n) is 13.3. The summed E-state index contributed by atoms with van der Waals surface area (Å²) in [5.74, 6) is 1.71. The predicted octanol–water partition coefficient (Wildman–Crippen LogP) is 22.5. The number of hydrogen-bond donors (Lipinski definition) is 0. The average Bonchev–Trinajstić information content (AvgIpc) is 1.62. The molecule has 0 saturated heterocycles. The van der Waals surface area contributed by atoms with E-state index < -0.39 is 0 Å². The molecule has 15 rings (SSSR count). The van der Waals surface area contributed by atoms with Gasteiger partial charge in [0.25, 0.3) is 0 Å². The maximum Gasteiger partial charge on any atom is 0.242 e. The first kappa shape index (κ1) is 61.5. The van der Waals surface area contributed by atoms with Gasteiger partial charge in [0, 0.05) is 38.5 Å². The Hall–Kier alpha value is -11.0. The minimum Gasteiger partial charge on any atom is -0.511 e. The number of pyridine rings is 1. The Morgan fingerprint density at radius 3 is 1.55 bits per heavy atom. The molecular weight excluding hydrogens is 1340 g/mol. The van der Waals surface area contributed by atoms with Crippen molar-refractivity contribution in [2.45, 2.75) is 58.4 Å². The summed E-state index contributed by atoms with van der Waals surface area (Å²) in [6, 6.07) is 109. The minimum absolute atomic E-state index is 0. The van der Waals surface area contributed by atoms with Gasteiger partial charge in [-0.25, -0.2) is 4.98 Å². The van der Waals surface area contributed by atoms with Gasteiger partial charge in [-0.15, -0.1) is 29.7 Å². The standard InChI is InChI=1S/C88H67N5O.Pt/c1-88(2,3)73-45-46-90-87(55-73)93-83-44-41-66(61-26-11-5-12-27-61)54-82(83)81-43-42-76(59-86(81)93)94-77-57-74(89-4)56-75(58-77)92-60-91(84-39-22-23-40-85(84)92)47-24-10-21-36-80-78(71-50-67(62-28-13-6-14-29-62)48-68(51-71)63-30-15-7-16-31-63)37-25-38-79(80)72-52-69(64-32-17-8-18-33-64)49-70(53-72)65-34-19-9-20-35-65;/h5-9,11-20,22-23,25-35,37-46,48-57H,10,21,24,36,47H2,1-3H3;/q-2;. The number of nitrogens with zero attached hydrogens (tertiary/aromatic N) is 5. The fraction of sp³-hybridized carbons (Fsp3) is 0.102. The van der Waals surface area contributed by atoms with Crippen molar-refractivity contribution in [3.05, 3.63) is 332 Å². The van der Waals surface area contributed by atoms with Crippen LogP contribution in [-0.2, 0) is 39.4 Å². The number of para-hydroxylation sites is 2. The van der Waals surface area contributed by atoms with Gasteiger partial charge in [-0.1, -0.05) is 238 Å². The van der Waals surface area contributed by atoms with Crippen LogP contribution in [-0.4, -0.2) is 14.1 Å². The third kappa shape index (κ3) is 12.8. The Balaban J connectivity index is 0.00000778. The summed E-state index contributed by atoms with van der Waals surface area (Å²) in [5, 5.41) is 2.12. The van der Waals surface area contributed by atoms with Crippen molar-refractivity contribution in [2.24, 2.45) is 0 Å². The van der Waals surface area contributed by atoms with Crippen molar-refractivity contribution in [3.63, 3.8) is 0 Å². The van der Waals surface area contributed by atoms with Crippen molar-refractivity contribution in [1.82, 2.24) is 14.1 Å². The van der Waals surface area contributed by atoms with Crippen LogP contribution in [0.15, 0.2) is 291 Å². The van der Waals surface area contributed by atoms with E-state index in [9.17, 15) is 0 Å². The van der Waals surface area contributed by atoms with Crippen LogP contribution in [0.5, 0.6) is 11.5 Å².